The minimum atomic E-state index is -3.70. The predicted molar refractivity (Wildman–Crippen MR) is 76.7 cm³/mol. The van der Waals surface area contributed by atoms with Crippen molar-refractivity contribution in [2.45, 2.75) is 50.7 Å². The van der Waals surface area contributed by atoms with Gasteiger partial charge in [0.25, 0.3) is 0 Å². The Morgan fingerprint density at radius 2 is 2.00 bits per heavy atom. The van der Waals surface area contributed by atoms with E-state index >= 15 is 0 Å². The van der Waals surface area contributed by atoms with Gasteiger partial charge in [-0.15, -0.1) is 0 Å². The highest BCUT2D eigenvalue weighted by Gasteiger charge is 2.27. The van der Waals surface area contributed by atoms with Gasteiger partial charge in [0.15, 0.2) is 0 Å². The molecule has 1 rings (SSSR count). The molecular formula is C13H20ClNO3S. The lowest BCUT2D eigenvalue weighted by Gasteiger charge is -2.25. The van der Waals surface area contributed by atoms with Crippen molar-refractivity contribution >= 4 is 21.6 Å². The molecule has 4 nitrogen and oxygen atoms in total. The Bertz CT molecular complexity index is 541. The van der Waals surface area contributed by atoms with Crippen LogP contribution in [-0.2, 0) is 16.6 Å². The molecule has 0 amide bonds. The molecule has 0 spiro atoms. The number of benzene rings is 1. The lowest BCUT2D eigenvalue weighted by Crippen LogP contribution is -2.43. The summed E-state index contributed by atoms with van der Waals surface area (Å²) >= 11 is 5.94. The van der Waals surface area contributed by atoms with Gasteiger partial charge < -0.3 is 5.11 Å². The van der Waals surface area contributed by atoms with E-state index in [9.17, 15) is 8.42 Å². The van der Waals surface area contributed by atoms with Crippen LogP contribution in [0.2, 0.25) is 5.02 Å². The van der Waals surface area contributed by atoms with Crippen molar-refractivity contribution in [1.82, 2.24) is 4.72 Å². The molecule has 0 aliphatic rings. The van der Waals surface area contributed by atoms with E-state index in [1.165, 1.54) is 12.1 Å². The van der Waals surface area contributed by atoms with Crippen LogP contribution in [0.15, 0.2) is 23.1 Å². The molecule has 19 heavy (non-hydrogen) atoms. The molecular weight excluding hydrogens is 286 g/mol. The topological polar surface area (TPSA) is 66.4 Å². The number of hydrogen-bond donors (Lipinski definition) is 2. The van der Waals surface area contributed by atoms with Crippen molar-refractivity contribution < 1.29 is 13.5 Å². The molecule has 0 heterocycles. The van der Waals surface area contributed by atoms with Gasteiger partial charge in [-0.25, -0.2) is 13.1 Å². The SMILES string of the molecule is CCCC(C)(C)NS(=O)(=O)c1cc(CO)ccc1Cl. The molecule has 0 radical (unpaired) electrons. The van der Waals surface area contributed by atoms with Crippen LogP contribution in [0.1, 0.15) is 39.2 Å². The summed E-state index contributed by atoms with van der Waals surface area (Å²) < 4.78 is 27.3. The fraction of sp³-hybridized carbons (Fsp3) is 0.538. The Morgan fingerprint density at radius 3 is 2.53 bits per heavy atom. The van der Waals surface area contributed by atoms with Crippen molar-refractivity contribution in [1.29, 1.82) is 0 Å². The molecule has 2 N–H and O–H groups in total. The maximum Gasteiger partial charge on any atom is 0.242 e. The molecule has 6 heteroatoms. The Labute approximate surface area is 119 Å². The normalized spacial score (nSPS) is 12.7. The molecule has 0 fully saturated rings. The predicted octanol–water partition coefficient (Wildman–Crippen LogP) is 2.69. The second-order valence-corrected chi connectivity index (χ2v) is 7.22. The first-order chi connectivity index (χ1) is 8.72. The molecule has 0 aliphatic heterocycles. The molecule has 0 aromatic heterocycles. The van der Waals surface area contributed by atoms with Gasteiger partial charge in [-0.3, -0.25) is 0 Å². The van der Waals surface area contributed by atoms with Gasteiger partial charge in [-0.1, -0.05) is 31.0 Å². The van der Waals surface area contributed by atoms with Gasteiger partial charge in [-0.05, 0) is 38.0 Å². The third-order valence-corrected chi connectivity index (χ3v) is 4.93. The van der Waals surface area contributed by atoms with Gasteiger partial charge in [-0.2, -0.15) is 0 Å². The first kappa shape index (κ1) is 16.4. The highest BCUT2D eigenvalue weighted by atomic mass is 35.5. The van der Waals surface area contributed by atoms with E-state index in [2.05, 4.69) is 4.72 Å². The number of nitrogens with one attached hydrogen (secondary N) is 1. The largest absolute Gasteiger partial charge is 0.392 e. The van der Waals surface area contributed by atoms with Gasteiger partial charge in [0.2, 0.25) is 10.0 Å². The van der Waals surface area contributed by atoms with Crippen LogP contribution in [-0.4, -0.2) is 19.1 Å². The van der Waals surface area contributed by atoms with Crippen molar-refractivity contribution in [3.8, 4) is 0 Å². The van der Waals surface area contributed by atoms with Gasteiger partial charge in [0, 0.05) is 5.54 Å². The number of aliphatic hydroxyl groups excluding tert-OH is 1. The Hall–Kier alpha value is -0.620. The number of halogens is 1. The van der Waals surface area contributed by atoms with Crippen LogP contribution in [0, 0.1) is 0 Å². The van der Waals surface area contributed by atoms with Gasteiger partial charge >= 0.3 is 0 Å². The Kier molecular flexibility index (Phi) is 5.38. The zero-order valence-electron chi connectivity index (χ0n) is 11.4. The summed E-state index contributed by atoms with van der Waals surface area (Å²) in [6, 6.07) is 4.47. The van der Waals surface area contributed by atoms with Crippen LogP contribution in [0.4, 0.5) is 0 Å². The van der Waals surface area contributed by atoms with E-state index in [1.54, 1.807) is 6.07 Å². The number of rotatable bonds is 6. The Morgan fingerprint density at radius 1 is 1.37 bits per heavy atom. The quantitative estimate of drug-likeness (QED) is 0.849. The van der Waals surface area contributed by atoms with Crippen LogP contribution < -0.4 is 4.72 Å². The molecule has 108 valence electrons. The highest BCUT2D eigenvalue weighted by Crippen LogP contribution is 2.25. The standard InChI is InChI=1S/C13H20ClNO3S/c1-4-7-13(2,3)15-19(17,18)12-8-10(9-16)5-6-11(12)14/h5-6,8,15-16H,4,7,9H2,1-3H3. The van der Waals surface area contributed by atoms with Crippen molar-refractivity contribution in [3.05, 3.63) is 28.8 Å². The van der Waals surface area contributed by atoms with Gasteiger partial charge in [0.1, 0.15) is 4.90 Å². The molecule has 1 aromatic rings. The summed E-state index contributed by atoms with van der Waals surface area (Å²) in [4.78, 5) is 0.00453. The van der Waals surface area contributed by atoms with Crippen LogP contribution in [0.5, 0.6) is 0 Å². The zero-order valence-corrected chi connectivity index (χ0v) is 13.0. The highest BCUT2D eigenvalue weighted by molar-refractivity contribution is 7.89. The average molecular weight is 306 g/mol. The van der Waals surface area contributed by atoms with E-state index in [-0.39, 0.29) is 16.5 Å². The van der Waals surface area contributed by atoms with Crippen LogP contribution in [0.3, 0.4) is 0 Å². The summed E-state index contributed by atoms with van der Waals surface area (Å²) in [5, 5.41) is 9.23. The first-order valence-electron chi connectivity index (χ1n) is 6.15. The van der Waals surface area contributed by atoms with Crippen molar-refractivity contribution in [3.63, 3.8) is 0 Å². The molecule has 0 saturated heterocycles. The maximum atomic E-state index is 12.3. The number of aliphatic hydroxyl groups is 1. The van der Waals surface area contributed by atoms with E-state index in [0.717, 1.165) is 12.8 Å². The number of hydrogen-bond acceptors (Lipinski definition) is 3. The van der Waals surface area contributed by atoms with Crippen molar-refractivity contribution in [2.75, 3.05) is 0 Å². The fourth-order valence-electron chi connectivity index (χ4n) is 1.95. The molecule has 0 bridgehead atoms. The minimum absolute atomic E-state index is 0.00453. The monoisotopic (exact) mass is 305 g/mol. The fourth-order valence-corrected chi connectivity index (χ4v) is 3.94. The summed E-state index contributed by atoms with van der Waals surface area (Å²) in [7, 11) is -3.70. The second-order valence-electron chi connectivity index (χ2n) is 5.16. The third-order valence-electron chi connectivity index (χ3n) is 2.75. The van der Waals surface area contributed by atoms with E-state index in [0.29, 0.717) is 5.56 Å². The average Bonchev–Trinajstić information content (AvgIpc) is 2.27. The Balaban J connectivity index is 3.13. The summed E-state index contributed by atoms with van der Waals surface area (Å²) in [6.07, 6.45) is 1.60. The molecule has 1 aromatic carbocycles. The minimum Gasteiger partial charge on any atom is -0.392 e. The molecule has 0 unspecified atom stereocenters. The second kappa shape index (κ2) is 6.22. The lowest BCUT2D eigenvalue weighted by molar-refractivity contribution is 0.281. The first-order valence-corrected chi connectivity index (χ1v) is 8.01. The smallest absolute Gasteiger partial charge is 0.242 e. The number of sulfonamides is 1. The van der Waals surface area contributed by atoms with Crippen LogP contribution >= 0.6 is 11.6 Å². The summed E-state index contributed by atoms with van der Waals surface area (Å²) in [5.74, 6) is 0. The van der Waals surface area contributed by atoms with Crippen LogP contribution in [0.25, 0.3) is 0 Å². The molecule has 0 saturated carbocycles. The third kappa shape index (κ3) is 4.45. The van der Waals surface area contributed by atoms with Gasteiger partial charge in [0.05, 0.1) is 11.6 Å². The maximum absolute atomic E-state index is 12.3. The zero-order chi connectivity index (χ0) is 14.7. The molecule has 0 aliphatic carbocycles. The van der Waals surface area contributed by atoms with Crippen molar-refractivity contribution in [2.24, 2.45) is 0 Å². The van der Waals surface area contributed by atoms with E-state index in [1.807, 2.05) is 20.8 Å². The lowest BCUT2D eigenvalue weighted by atomic mass is 10.0. The summed E-state index contributed by atoms with van der Waals surface area (Å²) in [6.45, 7) is 5.43. The summed E-state index contributed by atoms with van der Waals surface area (Å²) in [5.41, 5.74) is -0.0235. The molecule has 0 atom stereocenters. The van der Waals surface area contributed by atoms with E-state index < -0.39 is 15.6 Å². The van der Waals surface area contributed by atoms with E-state index in [4.69, 9.17) is 16.7 Å².